The van der Waals surface area contributed by atoms with Gasteiger partial charge in [-0.1, -0.05) is 29.8 Å². The van der Waals surface area contributed by atoms with Crippen LogP contribution >= 0.6 is 0 Å². The number of aromatic nitrogens is 2. The van der Waals surface area contributed by atoms with Gasteiger partial charge in [-0.05, 0) is 43.5 Å². The zero-order chi connectivity index (χ0) is 20.5. The predicted molar refractivity (Wildman–Crippen MR) is 111 cm³/mol. The van der Waals surface area contributed by atoms with E-state index in [-0.39, 0.29) is 5.69 Å². The standard InChI is InChI=1S/C22H22N4O3/c1-14-9-10-16-15(12-14)6-5-11-25(16)17-7-3-4-8-18(17)26-13-19(27)21(28)20(24-26)22(29)23-2/h3-4,7-10,12-13,27H,5-6,11H2,1-2H3,(H,23,29). The molecule has 2 heterocycles. The van der Waals surface area contributed by atoms with E-state index in [1.165, 1.54) is 29.1 Å². The first-order valence-corrected chi connectivity index (χ1v) is 9.51. The Balaban J connectivity index is 1.88. The summed E-state index contributed by atoms with van der Waals surface area (Å²) in [6.07, 6.45) is 3.28. The molecular formula is C22H22N4O3. The van der Waals surface area contributed by atoms with Crippen molar-refractivity contribution in [2.75, 3.05) is 18.5 Å². The van der Waals surface area contributed by atoms with Crippen LogP contribution in [0.15, 0.2) is 53.5 Å². The third-order valence-electron chi connectivity index (χ3n) is 5.12. The molecule has 1 aliphatic rings. The van der Waals surface area contributed by atoms with Gasteiger partial charge in [-0.15, -0.1) is 0 Å². The van der Waals surface area contributed by atoms with Gasteiger partial charge in [-0.25, -0.2) is 4.68 Å². The third-order valence-corrected chi connectivity index (χ3v) is 5.12. The zero-order valence-electron chi connectivity index (χ0n) is 16.3. The van der Waals surface area contributed by atoms with Crippen LogP contribution in [0.3, 0.4) is 0 Å². The van der Waals surface area contributed by atoms with Crippen LogP contribution in [-0.4, -0.2) is 34.4 Å². The highest BCUT2D eigenvalue weighted by molar-refractivity contribution is 5.92. The lowest BCUT2D eigenvalue weighted by atomic mass is 9.99. The normalized spacial score (nSPS) is 13.1. The molecule has 148 valence electrons. The molecule has 29 heavy (non-hydrogen) atoms. The van der Waals surface area contributed by atoms with Gasteiger partial charge in [0.1, 0.15) is 0 Å². The second kappa shape index (κ2) is 7.43. The first kappa shape index (κ1) is 18.7. The highest BCUT2D eigenvalue weighted by Crippen LogP contribution is 2.36. The molecule has 1 aromatic heterocycles. The molecule has 0 radical (unpaired) electrons. The molecule has 7 nitrogen and oxygen atoms in total. The summed E-state index contributed by atoms with van der Waals surface area (Å²) in [5.41, 5.74) is 4.05. The maximum absolute atomic E-state index is 12.1. The number of rotatable bonds is 3. The number of nitrogens with one attached hydrogen (secondary N) is 1. The Labute approximate surface area is 168 Å². The first-order valence-electron chi connectivity index (χ1n) is 9.51. The van der Waals surface area contributed by atoms with E-state index < -0.39 is 17.1 Å². The molecule has 0 saturated heterocycles. The number of carbonyl (C=O) groups is 1. The van der Waals surface area contributed by atoms with Crippen LogP contribution in [0.5, 0.6) is 5.75 Å². The Kier molecular flexibility index (Phi) is 4.80. The van der Waals surface area contributed by atoms with Gasteiger partial charge in [0.15, 0.2) is 11.4 Å². The van der Waals surface area contributed by atoms with Gasteiger partial charge in [-0.2, -0.15) is 5.10 Å². The molecule has 7 heteroatoms. The van der Waals surface area contributed by atoms with Crippen molar-refractivity contribution in [3.8, 4) is 11.4 Å². The topological polar surface area (TPSA) is 87.5 Å². The number of para-hydroxylation sites is 2. The third kappa shape index (κ3) is 3.35. The SMILES string of the molecule is CNC(=O)c1nn(-c2ccccc2N2CCCc3cc(C)ccc32)cc(O)c1=O. The van der Waals surface area contributed by atoms with E-state index in [0.717, 1.165) is 30.8 Å². The fraction of sp³-hybridized carbons (Fsp3) is 0.227. The molecule has 0 fully saturated rings. The number of hydrogen-bond acceptors (Lipinski definition) is 5. The highest BCUT2D eigenvalue weighted by Gasteiger charge is 2.22. The van der Waals surface area contributed by atoms with E-state index >= 15 is 0 Å². The lowest BCUT2D eigenvalue weighted by Gasteiger charge is -2.33. The van der Waals surface area contributed by atoms with Crippen molar-refractivity contribution < 1.29 is 9.90 Å². The van der Waals surface area contributed by atoms with Crippen LogP contribution in [0, 0.1) is 6.92 Å². The van der Waals surface area contributed by atoms with Crippen molar-refractivity contribution in [3.63, 3.8) is 0 Å². The second-order valence-corrected chi connectivity index (χ2v) is 7.09. The van der Waals surface area contributed by atoms with E-state index in [2.05, 4.69) is 40.4 Å². The Morgan fingerprint density at radius 1 is 1.14 bits per heavy atom. The van der Waals surface area contributed by atoms with Crippen LogP contribution in [0.25, 0.3) is 5.69 Å². The van der Waals surface area contributed by atoms with Gasteiger partial charge in [0.05, 0.1) is 17.6 Å². The number of carbonyl (C=O) groups excluding carboxylic acids is 1. The maximum atomic E-state index is 12.1. The molecular weight excluding hydrogens is 368 g/mol. The molecule has 0 atom stereocenters. The minimum absolute atomic E-state index is 0.350. The molecule has 1 aliphatic heterocycles. The van der Waals surface area contributed by atoms with Gasteiger partial charge in [-0.3, -0.25) is 9.59 Å². The highest BCUT2D eigenvalue weighted by atomic mass is 16.3. The summed E-state index contributed by atoms with van der Waals surface area (Å²) in [4.78, 5) is 26.4. The predicted octanol–water partition coefficient (Wildman–Crippen LogP) is 2.69. The van der Waals surface area contributed by atoms with Crippen molar-refractivity contribution in [3.05, 3.63) is 75.7 Å². The average Bonchev–Trinajstić information content (AvgIpc) is 2.74. The smallest absolute Gasteiger partial charge is 0.275 e. The lowest BCUT2D eigenvalue weighted by Crippen LogP contribution is -2.30. The summed E-state index contributed by atoms with van der Waals surface area (Å²) >= 11 is 0. The minimum atomic E-state index is -0.795. The molecule has 2 aromatic carbocycles. The zero-order valence-corrected chi connectivity index (χ0v) is 16.3. The van der Waals surface area contributed by atoms with E-state index in [9.17, 15) is 14.7 Å². The van der Waals surface area contributed by atoms with E-state index in [4.69, 9.17) is 0 Å². The largest absolute Gasteiger partial charge is 0.503 e. The summed E-state index contributed by atoms with van der Waals surface area (Å²) in [5, 5.41) is 16.7. The summed E-state index contributed by atoms with van der Waals surface area (Å²) in [6.45, 7) is 2.92. The number of fused-ring (bicyclic) bond motifs is 1. The van der Waals surface area contributed by atoms with Gasteiger partial charge >= 0.3 is 0 Å². The van der Waals surface area contributed by atoms with Gasteiger partial charge in [0.2, 0.25) is 0 Å². The summed E-state index contributed by atoms with van der Waals surface area (Å²) in [6, 6.07) is 14.0. The molecule has 0 aliphatic carbocycles. The Morgan fingerprint density at radius 3 is 2.66 bits per heavy atom. The molecule has 3 aromatic rings. The van der Waals surface area contributed by atoms with Crippen molar-refractivity contribution in [2.45, 2.75) is 19.8 Å². The Hall–Kier alpha value is -3.61. The molecule has 0 bridgehead atoms. The fourth-order valence-corrected chi connectivity index (χ4v) is 3.73. The number of anilines is 2. The number of benzene rings is 2. The van der Waals surface area contributed by atoms with Crippen LogP contribution in [0.1, 0.15) is 28.0 Å². The minimum Gasteiger partial charge on any atom is -0.503 e. The number of hydrogen-bond donors (Lipinski definition) is 2. The number of nitrogens with zero attached hydrogens (tertiary/aromatic N) is 3. The molecule has 1 amide bonds. The van der Waals surface area contributed by atoms with Gasteiger partial charge in [0.25, 0.3) is 11.3 Å². The number of aryl methyl sites for hydroxylation is 2. The molecule has 0 spiro atoms. The second-order valence-electron chi connectivity index (χ2n) is 7.09. The van der Waals surface area contributed by atoms with Gasteiger partial charge in [0, 0.05) is 19.3 Å². The van der Waals surface area contributed by atoms with Crippen molar-refractivity contribution >= 4 is 17.3 Å². The van der Waals surface area contributed by atoms with Crippen molar-refractivity contribution in [1.29, 1.82) is 0 Å². The van der Waals surface area contributed by atoms with Crippen LogP contribution in [0.4, 0.5) is 11.4 Å². The number of aromatic hydroxyl groups is 1. The number of amides is 1. The van der Waals surface area contributed by atoms with E-state index in [1.807, 2.05) is 24.3 Å². The molecule has 2 N–H and O–H groups in total. The van der Waals surface area contributed by atoms with Gasteiger partial charge < -0.3 is 15.3 Å². The van der Waals surface area contributed by atoms with Crippen molar-refractivity contribution in [1.82, 2.24) is 15.1 Å². The fourth-order valence-electron chi connectivity index (χ4n) is 3.73. The average molecular weight is 390 g/mol. The quantitative estimate of drug-likeness (QED) is 0.718. The summed E-state index contributed by atoms with van der Waals surface area (Å²) in [5.74, 6) is -1.17. The summed E-state index contributed by atoms with van der Waals surface area (Å²) < 4.78 is 1.39. The lowest BCUT2D eigenvalue weighted by molar-refractivity contribution is 0.0954. The van der Waals surface area contributed by atoms with Crippen molar-refractivity contribution in [2.24, 2.45) is 0 Å². The molecule has 4 rings (SSSR count). The van der Waals surface area contributed by atoms with E-state index in [0.29, 0.717) is 5.69 Å². The first-order chi connectivity index (χ1) is 14.0. The van der Waals surface area contributed by atoms with Crippen LogP contribution in [0.2, 0.25) is 0 Å². The molecule has 0 unspecified atom stereocenters. The molecule has 0 saturated carbocycles. The van der Waals surface area contributed by atoms with E-state index in [1.54, 1.807) is 0 Å². The van der Waals surface area contributed by atoms with Crippen LogP contribution < -0.4 is 15.6 Å². The van der Waals surface area contributed by atoms with Crippen LogP contribution in [-0.2, 0) is 6.42 Å². The maximum Gasteiger partial charge on any atom is 0.275 e. The Morgan fingerprint density at radius 2 is 1.90 bits per heavy atom. The summed E-state index contributed by atoms with van der Waals surface area (Å²) in [7, 11) is 1.42. The Bertz CT molecular complexity index is 1150. The monoisotopic (exact) mass is 390 g/mol.